The van der Waals surface area contributed by atoms with E-state index in [4.69, 9.17) is 5.73 Å². The summed E-state index contributed by atoms with van der Waals surface area (Å²) < 4.78 is 14.6. The van der Waals surface area contributed by atoms with Gasteiger partial charge in [0.15, 0.2) is 0 Å². The van der Waals surface area contributed by atoms with E-state index in [1.807, 2.05) is 0 Å². The lowest BCUT2D eigenvalue weighted by atomic mass is 10.2. The van der Waals surface area contributed by atoms with Crippen LogP contribution >= 0.6 is 27.3 Å². The number of hydrogen-bond donors (Lipinski definition) is 1. The van der Waals surface area contributed by atoms with Crippen molar-refractivity contribution in [3.05, 3.63) is 28.5 Å². The number of nitrogen functional groups attached to an aromatic ring is 1. The molecule has 0 aliphatic carbocycles. The SMILES string of the molecule is Nc1sc2ccc(F)cc2c1Br. The third-order valence-electron chi connectivity index (χ3n) is 1.61. The molecule has 12 heavy (non-hydrogen) atoms. The molecule has 0 fully saturated rings. The van der Waals surface area contributed by atoms with Crippen molar-refractivity contribution in [2.75, 3.05) is 5.73 Å². The lowest BCUT2D eigenvalue weighted by molar-refractivity contribution is 0.630. The first kappa shape index (κ1) is 8.01. The fourth-order valence-corrected chi connectivity index (χ4v) is 2.60. The molecule has 1 nitrogen and oxygen atoms in total. The summed E-state index contributed by atoms with van der Waals surface area (Å²) in [4.78, 5) is 0. The van der Waals surface area contributed by atoms with Crippen LogP contribution in [-0.2, 0) is 0 Å². The van der Waals surface area contributed by atoms with Crippen molar-refractivity contribution in [3.8, 4) is 0 Å². The van der Waals surface area contributed by atoms with Gasteiger partial charge >= 0.3 is 0 Å². The Labute approximate surface area is 81.1 Å². The molecule has 0 saturated heterocycles. The van der Waals surface area contributed by atoms with Crippen molar-refractivity contribution < 1.29 is 4.39 Å². The molecule has 62 valence electrons. The summed E-state index contributed by atoms with van der Waals surface area (Å²) in [5.41, 5.74) is 5.65. The van der Waals surface area contributed by atoms with Gasteiger partial charge in [0, 0.05) is 10.1 Å². The van der Waals surface area contributed by atoms with Crippen molar-refractivity contribution in [2.24, 2.45) is 0 Å². The van der Waals surface area contributed by atoms with Crippen LogP contribution in [0, 0.1) is 5.82 Å². The van der Waals surface area contributed by atoms with Gasteiger partial charge in [0.1, 0.15) is 10.8 Å². The molecule has 2 rings (SSSR count). The Balaban J connectivity index is 2.88. The number of hydrogen-bond acceptors (Lipinski definition) is 2. The molecule has 0 aliphatic heterocycles. The quantitative estimate of drug-likeness (QED) is 0.757. The third kappa shape index (κ3) is 1.11. The molecule has 0 saturated carbocycles. The Hall–Kier alpha value is -0.610. The van der Waals surface area contributed by atoms with E-state index in [0.29, 0.717) is 5.00 Å². The van der Waals surface area contributed by atoms with E-state index < -0.39 is 0 Å². The van der Waals surface area contributed by atoms with E-state index in [0.717, 1.165) is 14.6 Å². The van der Waals surface area contributed by atoms with E-state index in [2.05, 4.69) is 15.9 Å². The highest BCUT2D eigenvalue weighted by molar-refractivity contribution is 9.10. The number of thiophene rings is 1. The highest BCUT2D eigenvalue weighted by atomic mass is 79.9. The highest BCUT2D eigenvalue weighted by Gasteiger charge is 2.06. The van der Waals surface area contributed by atoms with Crippen LogP contribution in [0.2, 0.25) is 0 Å². The van der Waals surface area contributed by atoms with Gasteiger partial charge in [-0.3, -0.25) is 0 Å². The van der Waals surface area contributed by atoms with Crippen molar-refractivity contribution in [1.82, 2.24) is 0 Å². The number of nitrogens with two attached hydrogens (primary N) is 1. The Bertz CT molecular complexity index is 438. The van der Waals surface area contributed by atoms with Crippen molar-refractivity contribution in [1.29, 1.82) is 0 Å². The van der Waals surface area contributed by atoms with E-state index in [1.54, 1.807) is 6.07 Å². The van der Waals surface area contributed by atoms with Gasteiger partial charge in [0.05, 0.1) is 4.47 Å². The summed E-state index contributed by atoms with van der Waals surface area (Å²) in [6, 6.07) is 4.65. The molecule has 2 aromatic rings. The molecule has 0 spiro atoms. The van der Waals surface area contributed by atoms with Gasteiger partial charge in [-0.1, -0.05) is 0 Å². The van der Waals surface area contributed by atoms with Crippen LogP contribution in [0.3, 0.4) is 0 Å². The van der Waals surface area contributed by atoms with Crippen LogP contribution in [0.4, 0.5) is 9.39 Å². The minimum atomic E-state index is -0.235. The van der Waals surface area contributed by atoms with E-state index in [-0.39, 0.29) is 5.82 Å². The van der Waals surface area contributed by atoms with Crippen molar-refractivity contribution in [2.45, 2.75) is 0 Å². The molecule has 0 atom stereocenters. The van der Waals surface area contributed by atoms with Gasteiger partial charge < -0.3 is 5.73 Å². The average Bonchev–Trinajstić information content (AvgIpc) is 2.31. The largest absolute Gasteiger partial charge is 0.390 e. The molecule has 0 bridgehead atoms. The minimum absolute atomic E-state index is 0.235. The lowest BCUT2D eigenvalue weighted by Crippen LogP contribution is -1.77. The van der Waals surface area contributed by atoms with Crippen LogP contribution in [-0.4, -0.2) is 0 Å². The van der Waals surface area contributed by atoms with Gasteiger partial charge in [-0.05, 0) is 34.1 Å². The Morgan fingerprint density at radius 1 is 1.42 bits per heavy atom. The smallest absolute Gasteiger partial charge is 0.123 e. The zero-order chi connectivity index (χ0) is 8.72. The number of fused-ring (bicyclic) bond motifs is 1. The standard InChI is InChI=1S/C8H5BrFNS/c9-7-5-3-4(10)1-2-6(5)12-8(7)11/h1-3H,11H2. The molecule has 4 heteroatoms. The molecule has 2 N–H and O–H groups in total. The van der Waals surface area contributed by atoms with Crippen LogP contribution in [0.1, 0.15) is 0 Å². The maximum Gasteiger partial charge on any atom is 0.123 e. The Kier molecular flexibility index (Phi) is 1.81. The maximum atomic E-state index is 12.8. The number of benzene rings is 1. The fraction of sp³-hybridized carbons (Fsp3) is 0. The van der Waals surface area contributed by atoms with Gasteiger partial charge in [-0.2, -0.15) is 0 Å². The Morgan fingerprint density at radius 3 is 2.92 bits per heavy atom. The Morgan fingerprint density at radius 2 is 2.17 bits per heavy atom. The molecule has 1 aromatic carbocycles. The van der Waals surface area contributed by atoms with E-state index in [1.165, 1.54) is 23.5 Å². The van der Waals surface area contributed by atoms with Crippen LogP contribution in [0.5, 0.6) is 0 Å². The predicted octanol–water partition coefficient (Wildman–Crippen LogP) is 3.39. The predicted molar refractivity (Wildman–Crippen MR) is 53.9 cm³/mol. The summed E-state index contributed by atoms with van der Waals surface area (Å²) in [5, 5.41) is 1.54. The third-order valence-corrected chi connectivity index (χ3v) is 3.73. The van der Waals surface area contributed by atoms with E-state index in [9.17, 15) is 4.39 Å². The highest BCUT2D eigenvalue weighted by Crippen LogP contribution is 2.37. The zero-order valence-corrected chi connectivity index (χ0v) is 8.38. The minimum Gasteiger partial charge on any atom is -0.390 e. The van der Waals surface area contributed by atoms with Crippen LogP contribution < -0.4 is 5.73 Å². The summed E-state index contributed by atoms with van der Waals surface area (Å²) in [7, 11) is 0. The zero-order valence-electron chi connectivity index (χ0n) is 5.97. The summed E-state index contributed by atoms with van der Waals surface area (Å²) >= 11 is 4.76. The molecular weight excluding hydrogens is 241 g/mol. The number of halogens is 2. The normalized spacial score (nSPS) is 10.8. The molecule has 0 aliphatic rings. The first-order valence-corrected chi connectivity index (χ1v) is 4.92. The maximum absolute atomic E-state index is 12.8. The summed E-state index contributed by atoms with van der Waals surface area (Å²) in [6.45, 7) is 0. The van der Waals surface area contributed by atoms with Gasteiger partial charge in [0.2, 0.25) is 0 Å². The molecule has 0 radical (unpaired) electrons. The van der Waals surface area contributed by atoms with Crippen LogP contribution in [0.15, 0.2) is 22.7 Å². The second-order valence-electron chi connectivity index (χ2n) is 2.42. The monoisotopic (exact) mass is 245 g/mol. The molecule has 0 amide bonds. The molecule has 1 aromatic heterocycles. The first-order valence-electron chi connectivity index (χ1n) is 3.31. The average molecular weight is 246 g/mol. The van der Waals surface area contributed by atoms with Gasteiger partial charge in [-0.15, -0.1) is 11.3 Å². The lowest BCUT2D eigenvalue weighted by Gasteiger charge is -1.89. The molecule has 1 heterocycles. The topological polar surface area (TPSA) is 26.0 Å². The van der Waals surface area contributed by atoms with Crippen molar-refractivity contribution >= 4 is 42.4 Å². The van der Waals surface area contributed by atoms with Crippen LogP contribution in [0.25, 0.3) is 10.1 Å². The second kappa shape index (κ2) is 2.71. The van der Waals surface area contributed by atoms with E-state index >= 15 is 0 Å². The fourth-order valence-electron chi connectivity index (χ4n) is 1.06. The summed E-state index contributed by atoms with van der Waals surface area (Å²) in [6.07, 6.45) is 0. The first-order chi connectivity index (χ1) is 5.68. The van der Waals surface area contributed by atoms with Gasteiger partial charge in [0.25, 0.3) is 0 Å². The number of rotatable bonds is 0. The molecular formula is C8H5BrFNS. The van der Waals surface area contributed by atoms with Crippen molar-refractivity contribution in [3.63, 3.8) is 0 Å². The van der Waals surface area contributed by atoms with Gasteiger partial charge in [-0.25, -0.2) is 4.39 Å². The second-order valence-corrected chi connectivity index (χ2v) is 4.30. The summed E-state index contributed by atoms with van der Waals surface area (Å²) in [5.74, 6) is -0.235. The molecule has 0 unspecified atom stereocenters. The number of anilines is 1.